The van der Waals surface area contributed by atoms with E-state index in [-0.39, 0.29) is 24.1 Å². The number of hydrogen-bond acceptors (Lipinski definition) is 5. The maximum atomic E-state index is 12.6. The molecule has 1 saturated heterocycles. The molecule has 8 nitrogen and oxygen atoms in total. The maximum absolute atomic E-state index is 12.6. The zero-order valence-electron chi connectivity index (χ0n) is 15.1. The molecule has 1 unspecified atom stereocenters. The Hall–Kier alpha value is -3.03. The van der Waals surface area contributed by atoms with Gasteiger partial charge in [0.1, 0.15) is 24.1 Å². The minimum Gasteiger partial charge on any atom is -0.497 e. The third kappa shape index (κ3) is 3.63. The van der Waals surface area contributed by atoms with Crippen LogP contribution in [0.15, 0.2) is 30.3 Å². The lowest BCUT2D eigenvalue weighted by molar-refractivity contribution is -0.137. The van der Waals surface area contributed by atoms with E-state index in [1.807, 2.05) is 18.2 Å². The van der Waals surface area contributed by atoms with E-state index in [0.29, 0.717) is 30.3 Å². The van der Waals surface area contributed by atoms with Gasteiger partial charge in [0, 0.05) is 26.2 Å². The van der Waals surface area contributed by atoms with Crippen molar-refractivity contribution in [2.45, 2.75) is 19.6 Å². The van der Waals surface area contributed by atoms with Gasteiger partial charge in [-0.25, -0.2) is 0 Å². The summed E-state index contributed by atoms with van der Waals surface area (Å²) in [5.74, 6) is 1.03. The van der Waals surface area contributed by atoms with Crippen molar-refractivity contribution in [1.82, 2.24) is 20.0 Å². The van der Waals surface area contributed by atoms with Crippen LogP contribution in [0, 0.1) is 0 Å². The number of nitrogens with zero attached hydrogens (tertiary/aromatic N) is 3. The molecule has 2 heterocycles. The summed E-state index contributed by atoms with van der Waals surface area (Å²) in [5.41, 5.74) is 0.947. The van der Waals surface area contributed by atoms with Crippen molar-refractivity contribution in [2.75, 3.05) is 27.2 Å². The van der Waals surface area contributed by atoms with Crippen LogP contribution in [-0.2, 0) is 11.4 Å². The molecule has 0 bridgehead atoms. The van der Waals surface area contributed by atoms with Crippen LogP contribution in [0.25, 0.3) is 0 Å². The number of rotatable bonds is 5. The molecule has 1 aromatic carbocycles. The molecule has 1 aromatic heterocycles. The lowest BCUT2D eigenvalue weighted by atomic mass is 10.1. The predicted octanol–water partition coefficient (Wildman–Crippen LogP) is 1.30. The number of aromatic nitrogens is 2. The lowest BCUT2D eigenvalue weighted by Crippen LogP contribution is -2.56. The van der Waals surface area contributed by atoms with Gasteiger partial charge in [0.05, 0.1) is 12.8 Å². The van der Waals surface area contributed by atoms with Crippen molar-refractivity contribution in [3.05, 3.63) is 41.7 Å². The number of benzene rings is 1. The van der Waals surface area contributed by atoms with Crippen molar-refractivity contribution in [2.24, 2.45) is 0 Å². The summed E-state index contributed by atoms with van der Waals surface area (Å²) >= 11 is 0. The molecule has 1 atom stereocenters. The number of likely N-dealkylation sites (N-methyl/N-ethyl adjacent to an activating group) is 1. The molecule has 0 aliphatic carbocycles. The molecule has 1 N–H and O–H groups in total. The zero-order valence-corrected chi connectivity index (χ0v) is 15.1. The fourth-order valence-electron chi connectivity index (χ4n) is 2.84. The summed E-state index contributed by atoms with van der Waals surface area (Å²) in [6.07, 6.45) is 0. The van der Waals surface area contributed by atoms with E-state index in [2.05, 4.69) is 10.2 Å². The third-order valence-corrected chi connectivity index (χ3v) is 4.42. The van der Waals surface area contributed by atoms with Crippen LogP contribution in [0.2, 0.25) is 0 Å². The Bertz CT molecular complexity index is 804. The van der Waals surface area contributed by atoms with Crippen molar-refractivity contribution >= 4 is 11.8 Å². The van der Waals surface area contributed by atoms with E-state index in [9.17, 15) is 9.59 Å². The van der Waals surface area contributed by atoms with Gasteiger partial charge in [0.15, 0.2) is 5.69 Å². The first-order chi connectivity index (χ1) is 12.5. The second-order valence-electron chi connectivity index (χ2n) is 6.18. The first kappa shape index (κ1) is 17.8. The molecule has 1 aliphatic rings. The Kier molecular flexibility index (Phi) is 5.11. The van der Waals surface area contributed by atoms with Crippen molar-refractivity contribution in [1.29, 1.82) is 0 Å². The van der Waals surface area contributed by atoms with Crippen LogP contribution in [0.1, 0.15) is 23.1 Å². The van der Waals surface area contributed by atoms with Gasteiger partial charge < -0.3 is 19.3 Å². The van der Waals surface area contributed by atoms with Gasteiger partial charge >= 0.3 is 0 Å². The van der Waals surface area contributed by atoms with Crippen LogP contribution >= 0.6 is 0 Å². The molecule has 3 rings (SSSR count). The second-order valence-corrected chi connectivity index (χ2v) is 6.18. The van der Waals surface area contributed by atoms with E-state index in [1.165, 1.54) is 0 Å². The van der Waals surface area contributed by atoms with Gasteiger partial charge in [-0.05, 0) is 25.1 Å². The van der Waals surface area contributed by atoms with Gasteiger partial charge in [-0.15, -0.1) is 0 Å². The highest BCUT2D eigenvalue weighted by Gasteiger charge is 2.33. The van der Waals surface area contributed by atoms with Crippen LogP contribution in [0.4, 0.5) is 0 Å². The number of amides is 2. The molecule has 1 aliphatic heterocycles. The molecular formula is C18H22N4O4. The summed E-state index contributed by atoms with van der Waals surface area (Å²) in [7, 11) is 3.33. The highest BCUT2D eigenvalue weighted by molar-refractivity contribution is 5.96. The van der Waals surface area contributed by atoms with E-state index in [4.69, 9.17) is 9.47 Å². The topological polar surface area (TPSA) is 87.8 Å². The van der Waals surface area contributed by atoms with E-state index < -0.39 is 6.04 Å². The molecule has 0 spiro atoms. The average Bonchev–Trinajstić information content (AvgIpc) is 3.13. The number of methoxy groups -OCH3 is 1. The highest BCUT2D eigenvalue weighted by Crippen LogP contribution is 2.20. The van der Waals surface area contributed by atoms with Crippen LogP contribution in [0.5, 0.6) is 11.5 Å². The Morgan fingerprint density at radius 3 is 2.85 bits per heavy atom. The molecular weight excluding hydrogens is 336 g/mol. The Balaban J connectivity index is 1.63. The van der Waals surface area contributed by atoms with E-state index in [0.717, 1.165) is 0 Å². The monoisotopic (exact) mass is 358 g/mol. The predicted molar refractivity (Wildman–Crippen MR) is 94.0 cm³/mol. The summed E-state index contributed by atoms with van der Waals surface area (Å²) in [6, 6.07) is 8.43. The molecule has 138 valence electrons. The SMILES string of the molecule is COc1cccc(OCc2cc(C(=O)N3CCN(C)C(=O)C3C)n[nH]2)c1. The fraction of sp³-hybridized carbons (Fsp3) is 0.389. The Morgan fingerprint density at radius 2 is 2.08 bits per heavy atom. The average molecular weight is 358 g/mol. The second kappa shape index (κ2) is 7.47. The summed E-state index contributed by atoms with van der Waals surface area (Å²) < 4.78 is 10.8. The standard InChI is InChI=1S/C18H22N4O4/c1-12-17(23)21(2)7-8-22(12)18(24)16-9-13(19-20-16)11-26-15-6-4-5-14(10-15)25-3/h4-6,9-10,12H,7-8,11H2,1-3H3,(H,19,20). The minimum atomic E-state index is -0.491. The van der Waals surface area contributed by atoms with Crippen molar-refractivity contribution < 1.29 is 19.1 Å². The molecule has 8 heteroatoms. The third-order valence-electron chi connectivity index (χ3n) is 4.42. The van der Waals surface area contributed by atoms with Crippen LogP contribution in [-0.4, -0.2) is 65.1 Å². The minimum absolute atomic E-state index is 0.0679. The van der Waals surface area contributed by atoms with Gasteiger partial charge in [0.2, 0.25) is 5.91 Å². The molecule has 2 aromatic rings. The molecule has 0 radical (unpaired) electrons. The van der Waals surface area contributed by atoms with Gasteiger partial charge in [-0.2, -0.15) is 5.10 Å². The smallest absolute Gasteiger partial charge is 0.275 e. The van der Waals surface area contributed by atoms with E-state index >= 15 is 0 Å². The van der Waals surface area contributed by atoms with Gasteiger partial charge in [0.25, 0.3) is 5.91 Å². The molecule has 26 heavy (non-hydrogen) atoms. The molecule has 0 saturated carbocycles. The summed E-state index contributed by atoms with van der Waals surface area (Å²) in [4.78, 5) is 27.9. The zero-order chi connectivity index (χ0) is 18.7. The van der Waals surface area contributed by atoms with E-state index in [1.54, 1.807) is 43.0 Å². The number of ether oxygens (including phenoxy) is 2. The largest absolute Gasteiger partial charge is 0.497 e. The number of nitrogens with one attached hydrogen (secondary N) is 1. The first-order valence-corrected chi connectivity index (χ1v) is 8.36. The normalized spacial score (nSPS) is 17.3. The highest BCUT2D eigenvalue weighted by atomic mass is 16.5. The maximum Gasteiger partial charge on any atom is 0.275 e. The van der Waals surface area contributed by atoms with Gasteiger partial charge in [-0.3, -0.25) is 14.7 Å². The van der Waals surface area contributed by atoms with Crippen molar-refractivity contribution in [3.63, 3.8) is 0 Å². The Labute approximate surface area is 151 Å². The number of piperazine rings is 1. The molecule has 1 fully saturated rings. The number of H-pyrrole nitrogens is 1. The van der Waals surface area contributed by atoms with Gasteiger partial charge in [-0.1, -0.05) is 6.07 Å². The summed E-state index contributed by atoms with van der Waals surface area (Å²) in [5, 5.41) is 6.88. The van der Waals surface area contributed by atoms with Crippen molar-refractivity contribution in [3.8, 4) is 11.5 Å². The summed E-state index contributed by atoms with van der Waals surface area (Å²) in [6.45, 7) is 2.98. The fourth-order valence-corrected chi connectivity index (χ4v) is 2.84. The number of hydrogen-bond donors (Lipinski definition) is 1. The number of carbonyl (C=O) groups is 2. The number of aromatic amines is 1. The Morgan fingerprint density at radius 1 is 1.31 bits per heavy atom. The quantitative estimate of drug-likeness (QED) is 0.870. The number of carbonyl (C=O) groups excluding carboxylic acids is 2. The lowest BCUT2D eigenvalue weighted by Gasteiger charge is -2.36. The van der Waals surface area contributed by atoms with Crippen LogP contribution in [0.3, 0.4) is 0 Å². The first-order valence-electron chi connectivity index (χ1n) is 8.36. The molecule has 2 amide bonds. The van der Waals surface area contributed by atoms with Crippen LogP contribution < -0.4 is 9.47 Å².